The summed E-state index contributed by atoms with van der Waals surface area (Å²) >= 11 is 1.45. The molecule has 24 heavy (non-hydrogen) atoms. The maximum atomic E-state index is 12.4. The Balaban J connectivity index is 1.72. The molecule has 2 aromatic heterocycles. The normalized spacial score (nSPS) is 11.1. The Kier molecular flexibility index (Phi) is 5.20. The number of hydrogen-bond donors (Lipinski definition) is 1. The fourth-order valence-electron chi connectivity index (χ4n) is 2.61. The molecule has 6 nitrogen and oxygen atoms in total. The Morgan fingerprint density at radius 1 is 1.25 bits per heavy atom. The highest BCUT2D eigenvalue weighted by Gasteiger charge is 2.14. The van der Waals surface area contributed by atoms with E-state index in [1.807, 2.05) is 35.8 Å². The van der Waals surface area contributed by atoms with E-state index in [1.54, 1.807) is 0 Å². The zero-order chi connectivity index (χ0) is 16.9. The Morgan fingerprint density at radius 3 is 2.88 bits per heavy atom. The van der Waals surface area contributed by atoms with Gasteiger partial charge in [-0.3, -0.25) is 10.1 Å². The molecule has 2 heterocycles. The van der Waals surface area contributed by atoms with Crippen LogP contribution in [-0.4, -0.2) is 25.7 Å². The molecule has 1 amide bonds. The van der Waals surface area contributed by atoms with Crippen LogP contribution in [0, 0.1) is 0 Å². The summed E-state index contributed by atoms with van der Waals surface area (Å²) in [6.45, 7) is 4.42. The summed E-state index contributed by atoms with van der Waals surface area (Å²) in [5.41, 5.74) is 1.89. The van der Waals surface area contributed by atoms with Crippen molar-refractivity contribution in [2.24, 2.45) is 0 Å². The maximum absolute atomic E-state index is 12.4. The van der Waals surface area contributed by atoms with Gasteiger partial charge >= 0.3 is 0 Å². The van der Waals surface area contributed by atoms with E-state index in [2.05, 4.69) is 27.4 Å². The van der Waals surface area contributed by atoms with E-state index in [0.717, 1.165) is 47.5 Å². The third-order valence-corrected chi connectivity index (χ3v) is 4.71. The van der Waals surface area contributed by atoms with Crippen molar-refractivity contribution in [1.82, 2.24) is 19.7 Å². The van der Waals surface area contributed by atoms with E-state index in [1.165, 1.54) is 11.3 Å². The highest BCUT2D eigenvalue weighted by molar-refractivity contribution is 7.15. The smallest absolute Gasteiger partial charge is 0.246 e. The van der Waals surface area contributed by atoms with Crippen molar-refractivity contribution in [2.75, 3.05) is 5.32 Å². The maximum Gasteiger partial charge on any atom is 0.246 e. The first-order valence-corrected chi connectivity index (χ1v) is 9.09. The number of amides is 1. The van der Waals surface area contributed by atoms with Crippen LogP contribution in [0.1, 0.15) is 37.5 Å². The molecule has 0 aliphatic carbocycles. The van der Waals surface area contributed by atoms with Gasteiger partial charge in [-0.2, -0.15) is 0 Å². The van der Waals surface area contributed by atoms with E-state index in [4.69, 9.17) is 0 Å². The molecule has 0 aliphatic heterocycles. The second kappa shape index (κ2) is 7.53. The van der Waals surface area contributed by atoms with Gasteiger partial charge in [-0.25, -0.2) is 4.98 Å². The standard InChI is InChI=1S/C17H21N5OS/c1-3-5-10-16-20-21-17(24-16)19-15(23)11-22-13-9-7-6-8-12(13)18-14(22)4-2/h6-9H,3-5,10-11H2,1-2H3,(H,19,21,23). The average molecular weight is 343 g/mol. The number of para-hydroxylation sites is 2. The molecule has 0 aliphatic rings. The number of anilines is 1. The minimum Gasteiger partial charge on any atom is -0.318 e. The van der Waals surface area contributed by atoms with Gasteiger partial charge in [0.05, 0.1) is 11.0 Å². The molecule has 3 rings (SSSR count). The van der Waals surface area contributed by atoms with Crippen molar-refractivity contribution in [1.29, 1.82) is 0 Å². The molecular weight excluding hydrogens is 322 g/mol. The van der Waals surface area contributed by atoms with E-state index < -0.39 is 0 Å². The topological polar surface area (TPSA) is 72.7 Å². The molecule has 0 unspecified atom stereocenters. The van der Waals surface area contributed by atoms with Gasteiger partial charge in [0.1, 0.15) is 17.4 Å². The van der Waals surface area contributed by atoms with Crippen LogP contribution in [0.5, 0.6) is 0 Å². The Bertz CT molecular complexity index is 838. The van der Waals surface area contributed by atoms with E-state index >= 15 is 0 Å². The lowest BCUT2D eigenvalue weighted by Gasteiger charge is -2.07. The van der Waals surface area contributed by atoms with Crippen molar-refractivity contribution >= 4 is 33.4 Å². The fraction of sp³-hybridized carbons (Fsp3) is 0.412. The van der Waals surface area contributed by atoms with Crippen molar-refractivity contribution in [3.63, 3.8) is 0 Å². The van der Waals surface area contributed by atoms with Crippen LogP contribution < -0.4 is 5.32 Å². The van der Waals surface area contributed by atoms with Gasteiger partial charge in [0.25, 0.3) is 0 Å². The Labute approximate surface area is 144 Å². The molecule has 1 aromatic carbocycles. The van der Waals surface area contributed by atoms with Gasteiger partial charge in [-0.15, -0.1) is 10.2 Å². The number of nitrogens with zero attached hydrogens (tertiary/aromatic N) is 4. The second-order valence-electron chi connectivity index (χ2n) is 5.61. The van der Waals surface area contributed by atoms with Crippen molar-refractivity contribution in [2.45, 2.75) is 46.1 Å². The Hall–Kier alpha value is -2.28. The largest absolute Gasteiger partial charge is 0.318 e. The minimum atomic E-state index is -0.106. The molecule has 3 aromatic rings. The van der Waals surface area contributed by atoms with Gasteiger partial charge in [0, 0.05) is 12.8 Å². The molecule has 1 N–H and O–H groups in total. The minimum absolute atomic E-state index is 0.106. The number of nitrogens with one attached hydrogen (secondary N) is 1. The number of fused-ring (bicyclic) bond motifs is 1. The third kappa shape index (κ3) is 3.62. The quantitative estimate of drug-likeness (QED) is 0.713. The van der Waals surface area contributed by atoms with E-state index in [0.29, 0.717) is 5.13 Å². The lowest BCUT2D eigenvalue weighted by atomic mass is 10.3. The number of aromatic nitrogens is 4. The van der Waals surface area contributed by atoms with Crippen LogP contribution in [-0.2, 0) is 24.2 Å². The number of rotatable bonds is 7. The third-order valence-electron chi connectivity index (χ3n) is 3.81. The number of hydrogen-bond acceptors (Lipinski definition) is 5. The second-order valence-corrected chi connectivity index (χ2v) is 6.67. The van der Waals surface area contributed by atoms with Gasteiger partial charge in [0.2, 0.25) is 11.0 Å². The summed E-state index contributed by atoms with van der Waals surface area (Å²) < 4.78 is 1.96. The van der Waals surface area contributed by atoms with Gasteiger partial charge in [0.15, 0.2) is 0 Å². The van der Waals surface area contributed by atoms with E-state index in [9.17, 15) is 4.79 Å². The fourth-order valence-corrected chi connectivity index (χ4v) is 3.41. The molecule has 0 saturated heterocycles. The predicted molar refractivity (Wildman–Crippen MR) is 96.3 cm³/mol. The molecule has 0 atom stereocenters. The lowest BCUT2D eigenvalue weighted by Crippen LogP contribution is -2.20. The molecule has 0 fully saturated rings. The van der Waals surface area contributed by atoms with Crippen molar-refractivity contribution < 1.29 is 4.79 Å². The number of carbonyl (C=O) groups excluding carboxylic acids is 1. The summed E-state index contributed by atoms with van der Waals surface area (Å²) in [5.74, 6) is 0.804. The molecular formula is C17H21N5OS. The van der Waals surface area contributed by atoms with Crippen LogP contribution >= 0.6 is 11.3 Å². The highest BCUT2D eigenvalue weighted by atomic mass is 32.1. The van der Waals surface area contributed by atoms with Crippen molar-refractivity contribution in [3.8, 4) is 0 Å². The molecule has 0 radical (unpaired) electrons. The SMILES string of the molecule is CCCCc1nnc(NC(=O)Cn2c(CC)nc3ccccc32)s1. The van der Waals surface area contributed by atoms with Gasteiger partial charge < -0.3 is 4.57 Å². The molecule has 126 valence electrons. The number of benzene rings is 1. The van der Waals surface area contributed by atoms with Crippen LogP contribution in [0.2, 0.25) is 0 Å². The van der Waals surface area contributed by atoms with Crippen molar-refractivity contribution in [3.05, 3.63) is 35.1 Å². The summed E-state index contributed by atoms with van der Waals surface area (Å²) in [7, 11) is 0. The first-order chi connectivity index (χ1) is 11.7. The molecule has 7 heteroatoms. The number of aryl methyl sites for hydroxylation is 2. The Morgan fingerprint density at radius 2 is 2.08 bits per heavy atom. The van der Waals surface area contributed by atoms with Crippen LogP contribution in [0.25, 0.3) is 11.0 Å². The van der Waals surface area contributed by atoms with E-state index in [-0.39, 0.29) is 12.5 Å². The summed E-state index contributed by atoms with van der Waals surface area (Å²) in [4.78, 5) is 17.0. The summed E-state index contributed by atoms with van der Waals surface area (Å²) in [6, 6.07) is 7.87. The number of unbranched alkanes of at least 4 members (excludes halogenated alkanes) is 1. The predicted octanol–water partition coefficient (Wildman–Crippen LogP) is 3.43. The summed E-state index contributed by atoms with van der Waals surface area (Å²) in [5, 5.41) is 12.6. The zero-order valence-corrected chi connectivity index (χ0v) is 14.8. The first-order valence-electron chi connectivity index (χ1n) is 8.27. The number of carbonyl (C=O) groups is 1. The molecule has 0 saturated carbocycles. The van der Waals surface area contributed by atoms with Gasteiger partial charge in [-0.05, 0) is 18.6 Å². The highest BCUT2D eigenvalue weighted by Crippen LogP contribution is 2.19. The molecule has 0 bridgehead atoms. The van der Waals surface area contributed by atoms with Crippen LogP contribution in [0.15, 0.2) is 24.3 Å². The molecule has 0 spiro atoms. The first kappa shape index (κ1) is 16.6. The van der Waals surface area contributed by atoms with Crippen LogP contribution in [0.4, 0.5) is 5.13 Å². The zero-order valence-electron chi connectivity index (χ0n) is 14.0. The van der Waals surface area contributed by atoms with Gasteiger partial charge in [-0.1, -0.05) is 43.7 Å². The lowest BCUT2D eigenvalue weighted by molar-refractivity contribution is -0.116. The number of imidazole rings is 1. The van der Waals surface area contributed by atoms with Crippen LogP contribution in [0.3, 0.4) is 0 Å². The average Bonchev–Trinajstić information content (AvgIpc) is 3.17. The monoisotopic (exact) mass is 343 g/mol. The summed E-state index contributed by atoms with van der Waals surface area (Å²) in [6.07, 6.45) is 3.90.